The van der Waals surface area contributed by atoms with Crippen molar-refractivity contribution in [1.82, 2.24) is 5.32 Å². The molecule has 0 aliphatic carbocycles. The molecule has 1 N–H and O–H groups in total. The van der Waals surface area contributed by atoms with Crippen molar-refractivity contribution in [3.8, 4) is 0 Å². The van der Waals surface area contributed by atoms with E-state index in [1.54, 1.807) is 19.2 Å². The van der Waals surface area contributed by atoms with E-state index in [4.69, 9.17) is 16.3 Å². The predicted octanol–water partition coefficient (Wildman–Crippen LogP) is 2.41. The van der Waals surface area contributed by atoms with E-state index < -0.39 is 0 Å². The topological polar surface area (TPSA) is 38.3 Å². The molecule has 16 heavy (non-hydrogen) atoms. The molecule has 0 fully saturated rings. The van der Waals surface area contributed by atoms with Gasteiger partial charge in [-0.2, -0.15) is 0 Å². The Balaban J connectivity index is 2.53. The molecule has 1 aromatic carbocycles. The van der Waals surface area contributed by atoms with Gasteiger partial charge in [-0.25, -0.2) is 0 Å². The highest BCUT2D eigenvalue weighted by molar-refractivity contribution is 6.33. The number of methoxy groups -OCH3 is 1. The molecule has 1 aromatic rings. The number of carbonyl (C=O) groups is 1. The van der Waals surface area contributed by atoms with Crippen molar-refractivity contribution < 1.29 is 9.53 Å². The van der Waals surface area contributed by atoms with E-state index in [-0.39, 0.29) is 5.91 Å². The second-order valence-electron chi connectivity index (χ2n) is 3.59. The van der Waals surface area contributed by atoms with Gasteiger partial charge < -0.3 is 10.1 Å². The van der Waals surface area contributed by atoms with Gasteiger partial charge in [-0.3, -0.25) is 4.79 Å². The summed E-state index contributed by atoms with van der Waals surface area (Å²) in [6.07, 6.45) is 0.797. The quantitative estimate of drug-likeness (QED) is 0.804. The van der Waals surface area contributed by atoms with Gasteiger partial charge in [0.1, 0.15) is 0 Å². The van der Waals surface area contributed by atoms with E-state index in [0.29, 0.717) is 23.7 Å². The molecule has 0 aromatic heterocycles. The summed E-state index contributed by atoms with van der Waals surface area (Å²) in [6.45, 7) is 3.17. The summed E-state index contributed by atoms with van der Waals surface area (Å²) < 4.78 is 4.89. The van der Waals surface area contributed by atoms with E-state index in [2.05, 4.69) is 5.32 Å². The number of benzene rings is 1. The Morgan fingerprint density at radius 1 is 1.50 bits per heavy atom. The van der Waals surface area contributed by atoms with Crippen LogP contribution in [0.15, 0.2) is 18.2 Å². The van der Waals surface area contributed by atoms with Crippen LogP contribution in [0.25, 0.3) is 0 Å². The maximum absolute atomic E-state index is 11.7. The number of halogens is 1. The molecule has 3 nitrogen and oxygen atoms in total. The lowest BCUT2D eigenvalue weighted by atomic mass is 10.1. The average Bonchev–Trinajstić information content (AvgIpc) is 2.24. The SMILES string of the molecule is COCCCNC(=O)c1ccc(C)cc1Cl. The smallest absolute Gasteiger partial charge is 0.252 e. The summed E-state index contributed by atoms with van der Waals surface area (Å²) in [4.78, 5) is 11.7. The monoisotopic (exact) mass is 241 g/mol. The molecule has 1 amide bonds. The molecule has 0 unspecified atom stereocenters. The number of nitrogens with one attached hydrogen (secondary N) is 1. The fraction of sp³-hybridized carbons (Fsp3) is 0.417. The largest absolute Gasteiger partial charge is 0.385 e. The highest BCUT2D eigenvalue weighted by Gasteiger charge is 2.08. The molecule has 0 spiro atoms. The van der Waals surface area contributed by atoms with Crippen LogP contribution in [0, 0.1) is 6.92 Å². The Bertz CT molecular complexity index is 366. The fourth-order valence-electron chi connectivity index (χ4n) is 1.32. The molecule has 88 valence electrons. The van der Waals surface area contributed by atoms with Gasteiger partial charge in [0.05, 0.1) is 10.6 Å². The van der Waals surface area contributed by atoms with E-state index in [0.717, 1.165) is 12.0 Å². The maximum Gasteiger partial charge on any atom is 0.252 e. The van der Waals surface area contributed by atoms with E-state index in [1.165, 1.54) is 0 Å². The third-order valence-corrected chi connectivity index (χ3v) is 2.49. The highest BCUT2D eigenvalue weighted by Crippen LogP contribution is 2.17. The second-order valence-corrected chi connectivity index (χ2v) is 3.99. The lowest BCUT2D eigenvalue weighted by Crippen LogP contribution is -2.25. The maximum atomic E-state index is 11.7. The van der Waals surface area contributed by atoms with Crippen LogP contribution in [-0.2, 0) is 4.74 Å². The van der Waals surface area contributed by atoms with E-state index in [1.807, 2.05) is 13.0 Å². The highest BCUT2D eigenvalue weighted by atomic mass is 35.5. The molecule has 0 radical (unpaired) electrons. The molecular weight excluding hydrogens is 226 g/mol. The van der Waals surface area contributed by atoms with Crippen LogP contribution >= 0.6 is 11.6 Å². The van der Waals surface area contributed by atoms with Crippen LogP contribution in [0.5, 0.6) is 0 Å². The van der Waals surface area contributed by atoms with Crippen LogP contribution in [0.1, 0.15) is 22.3 Å². The summed E-state index contributed by atoms with van der Waals surface area (Å²) in [5, 5.41) is 3.28. The molecule has 0 aliphatic heterocycles. The number of ether oxygens (including phenoxy) is 1. The zero-order valence-electron chi connectivity index (χ0n) is 9.55. The Hall–Kier alpha value is -1.06. The minimum Gasteiger partial charge on any atom is -0.385 e. The van der Waals surface area contributed by atoms with Gasteiger partial charge in [0.2, 0.25) is 0 Å². The summed E-state index contributed by atoms with van der Waals surface area (Å²) in [5.74, 6) is -0.138. The number of hydrogen-bond acceptors (Lipinski definition) is 2. The molecule has 4 heteroatoms. The van der Waals surface area contributed by atoms with E-state index >= 15 is 0 Å². The first kappa shape index (κ1) is 13.0. The number of hydrogen-bond donors (Lipinski definition) is 1. The fourth-order valence-corrected chi connectivity index (χ4v) is 1.64. The molecular formula is C12H16ClNO2. The zero-order valence-corrected chi connectivity index (χ0v) is 10.3. The molecule has 0 bridgehead atoms. The van der Waals surface area contributed by atoms with Crippen LogP contribution in [0.3, 0.4) is 0 Å². The number of amides is 1. The normalized spacial score (nSPS) is 10.2. The van der Waals surface area contributed by atoms with Gasteiger partial charge in [-0.1, -0.05) is 17.7 Å². The van der Waals surface area contributed by atoms with Crippen molar-refractivity contribution in [3.63, 3.8) is 0 Å². The summed E-state index contributed by atoms with van der Waals surface area (Å²) in [5.41, 5.74) is 1.56. The Kier molecular flexibility index (Phi) is 5.29. The third kappa shape index (κ3) is 3.83. The molecule has 1 rings (SSSR count). The van der Waals surface area contributed by atoms with Crippen molar-refractivity contribution >= 4 is 17.5 Å². The zero-order chi connectivity index (χ0) is 12.0. The number of aryl methyl sites for hydroxylation is 1. The molecule has 0 saturated carbocycles. The first-order valence-electron chi connectivity index (χ1n) is 5.18. The average molecular weight is 242 g/mol. The van der Waals surface area contributed by atoms with Gasteiger partial charge in [-0.05, 0) is 31.0 Å². The van der Waals surface area contributed by atoms with Gasteiger partial charge in [-0.15, -0.1) is 0 Å². The minimum absolute atomic E-state index is 0.138. The summed E-state index contributed by atoms with van der Waals surface area (Å²) >= 11 is 5.98. The predicted molar refractivity (Wildman–Crippen MR) is 65.0 cm³/mol. The Labute approximate surface area is 101 Å². The van der Waals surface area contributed by atoms with Crippen LogP contribution in [0.2, 0.25) is 5.02 Å². The summed E-state index contributed by atoms with van der Waals surface area (Å²) in [7, 11) is 1.64. The van der Waals surface area contributed by atoms with Crippen molar-refractivity contribution in [3.05, 3.63) is 34.3 Å². The molecule has 0 atom stereocenters. The van der Waals surface area contributed by atoms with Crippen LogP contribution in [-0.4, -0.2) is 26.2 Å². The van der Waals surface area contributed by atoms with Crippen molar-refractivity contribution in [2.24, 2.45) is 0 Å². The van der Waals surface area contributed by atoms with Gasteiger partial charge in [0.25, 0.3) is 5.91 Å². The Morgan fingerprint density at radius 2 is 2.25 bits per heavy atom. The Morgan fingerprint density at radius 3 is 2.88 bits per heavy atom. The number of carbonyl (C=O) groups excluding carboxylic acids is 1. The lowest BCUT2D eigenvalue weighted by Gasteiger charge is -2.06. The van der Waals surface area contributed by atoms with Gasteiger partial charge >= 0.3 is 0 Å². The molecule has 0 heterocycles. The summed E-state index contributed by atoms with van der Waals surface area (Å²) in [6, 6.07) is 5.39. The lowest BCUT2D eigenvalue weighted by molar-refractivity contribution is 0.0949. The first-order chi connectivity index (χ1) is 7.65. The van der Waals surface area contributed by atoms with Gasteiger partial charge in [0.15, 0.2) is 0 Å². The van der Waals surface area contributed by atoms with Crippen molar-refractivity contribution in [1.29, 1.82) is 0 Å². The van der Waals surface area contributed by atoms with E-state index in [9.17, 15) is 4.79 Å². The van der Waals surface area contributed by atoms with Crippen LogP contribution in [0.4, 0.5) is 0 Å². The standard InChI is InChI=1S/C12H16ClNO2/c1-9-4-5-10(11(13)8-9)12(15)14-6-3-7-16-2/h4-5,8H,3,6-7H2,1-2H3,(H,14,15). The first-order valence-corrected chi connectivity index (χ1v) is 5.56. The van der Waals surface area contributed by atoms with Crippen LogP contribution < -0.4 is 5.32 Å². The van der Waals surface area contributed by atoms with Crippen molar-refractivity contribution in [2.45, 2.75) is 13.3 Å². The van der Waals surface area contributed by atoms with Gasteiger partial charge in [0, 0.05) is 20.3 Å². The third-order valence-electron chi connectivity index (χ3n) is 2.18. The minimum atomic E-state index is -0.138. The van der Waals surface area contributed by atoms with Crippen molar-refractivity contribution in [2.75, 3.05) is 20.3 Å². The molecule has 0 aliphatic rings. The molecule has 0 saturated heterocycles. The number of rotatable bonds is 5. The second kappa shape index (κ2) is 6.51.